The Morgan fingerprint density at radius 1 is 0.510 bits per heavy atom. The largest absolute Gasteiger partial charge is 0.309 e. The normalized spacial score (nSPS) is 15.7. The van der Waals surface area contributed by atoms with Crippen LogP contribution in [0.25, 0.3) is 76.8 Å². The molecule has 4 heterocycles. The summed E-state index contributed by atoms with van der Waals surface area (Å²) in [7, 11) is 0. The third-order valence-corrected chi connectivity index (χ3v) is 10.5. The second-order valence-electron chi connectivity index (χ2n) is 13.3. The first-order valence-electron chi connectivity index (χ1n) is 17.4. The van der Waals surface area contributed by atoms with E-state index in [1.54, 1.807) is 0 Å². The number of aliphatic imine (C=N–C) groups is 1. The van der Waals surface area contributed by atoms with E-state index in [1.165, 1.54) is 65.7 Å². The van der Waals surface area contributed by atoms with Crippen LogP contribution >= 0.6 is 0 Å². The molecule has 0 fully saturated rings. The lowest BCUT2D eigenvalue weighted by atomic mass is 9.96. The van der Waals surface area contributed by atoms with Gasteiger partial charge in [-0.1, -0.05) is 109 Å². The van der Waals surface area contributed by atoms with E-state index in [0.29, 0.717) is 0 Å². The number of para-hydroxylation sites is 3. The highest BCUT2D eigenvalue weighted by Crippen LogP contribution is 2.40. The van der Waals surface area contributed by atoms with Gasteiger partial charge in [0.1, 0.15) is 0 Å². The van der Waals surface area contributed by atoms with Crippen LogP contribution in [0.5, 0.6) is 0 Å². The van der Waals surface area contributed by atoms with Gasteiger partial charge in [0, 0.05) is 39.0 Å². The lowest BCUT2D eigenvalue weighted by Gasteiger charge is -2.22. The average Bonchev–Trinajstić information content (AvgIpc) is 3.87. The van der Waals surface area contributed by atoms with Gasteiger partial charge >= 0.3 is 0 Å². The summed E-state index contributed by atoms with van der Waals surface area (Å²) in [4.78, 5) is 5.36. The zero-order chi connectivity index (χ0) is 33.5. The highest BCUT2D eigenvalue weighted by molar-refractivity contribution is 6.27. The molecule has 0 saturated carbocycles. The van der Waals surface area contributed by atoms with Crippen LogP contribution in [-0.2, 0) is 0 Å². The van der Waals surface area contributed by atoms with Crippen LogP contribution in [-0.4, -0.2) is 20.0 Å². The molecule has 0 bridgehead atoms. The fourth-order valence-electron chi connectivity index (χ4n) is 8.25. The molecule has 2 aliphatic rings. The number of nitrogens with zero attached hydrogens (tertiary/aromatic N) is 4. The molecule has 0 saturated heterocycles. The van der Waals surface area contributed by atoms with Crippen molar-refractivity contribution in [3.8, 4) is 16.8 Å². The Kier molecular flexibility index (Phi) is 6.03. The SMILES string of the molecule is C1=CN2NC(n3c4ccccc4c4cc(-c5ccc6c(c5)c5ccccc5n6-c5ccccc5)ccc43)N=C2C(c2cccc3ccccc23)=C1. The first-order valence-corrected chi connectivity index (χ1v) is 17.4. The molecule has 0 amide bonds. The van der Waals surface area contributed by atoms with Crippen LogP contribution in [0.3, 0.4) is 0 Å². The van der Waals surface area contributed by atoms with Gasteiger partial charge in [-0.3, -0.25) is 5.01 Å². The number of amidine groups is 1. The predicted molar refractivity (Wildman–Crippen MR) is 212 cm³/mol. The number of aromatic nitrogens is 2. The third kappa shape index (κ3) is 4.22. The summed E-state index contributed by atoms with van der Waals surface area (Å²) in [6, 6.07) is 56.8. The fraction of sp³-hybridized carbons (Fsp3) is 0.0217. The van der Waals surface area contributed by atoms with Crippen molar-refractivity contribution >= 4 is 65.8 Å². The zero-order valence-electron chi connectivity index (χ0n) is 27.6. The van der Waals surface area contributed by atoms with Crippen LogP contribution in [0.4, 0.5) is 0 Å². The number of benzene rings is 7. The molecule has 2 aromatic heterocycles. The smallest absolute Gasteiger partial charge is 0.199 e. The topological polar surface area (TPSA) is 37.5 Å². The molecule has 0 spiro atoms. The van der Waals surface area contributed by atoms with E-state index in [2.05, 4.69) is 196 Å². The molecule has 7 aromatic carbocycles. The minimum Gasteiger partial charge on any atom is -0.309 e. The van der Waals surface area contributed by atoms with Gasteiger partial charge in [-0.05, 0) is 88.1 Å². The van der Waals surface area contributed by atoms with Crippen molar-refractivity contribution in [2.75, 3.05) is 0 Å². The van der Waals surface area contributed by atoms with E-state index in [1.807, 2.05) is 0 Å². The highest BCUT2D eigenvalue weighted by Gasteiger charge is 2.31. The number of hydrogen-bond donors (Lipinski definition) is 1. The van der Waals surface area contributed by atoms with Gasteiger partial charge in [0.05, 0.1) is 22.1 Å². The Morgan fingerprint density at radius 3 is 1.94 bits per heavy atom. The van der Waals surface area contributed by atoms with Gasteiger partial charge in [-0.25, -0.2) is 4.99 Å². The molecule has 11 rings (SSSR count). The van der Waals surface area contributed by atoms with Gasteiger partial charge in [0.15, 0.2) is 12.1 Å². The van der Waals surface area contributed by atoms with Crippen LogP contribution in [0.1, 0.15) is 11.9 Å². The Labute approximate surface area is 294 Å². The summed E-state index contributed by atoms with van der Waals surface area (Å²) >= 11 is 0. The lowest BCUT2D eigenvalue weighted by Crippen LogP contribution is -2.36. The van der Waals surface area contributed by atoms with E-state index in [-0.39, 0.29) is 6.29 Å². The van der Waals surface area contributed by atoms with Crippen molar-refractivity contribution < 1.29 is 0 Å². The first kappa shape index (κ1) is 28.2. The van der Waals surface area contributed by atoms with E-state index in [0.717, 1.165) is 22.4 Å². The summed E-state index contributed by atoms with van der Waals surface area (Å²) in [5, 5.41) is 9.44. The van der Waals surface area contributed by atoms with E-state index < -0.39 is 0 Å². The van der Waals surface area contributed by atoms with E-state index in [9.17, 15) is 0 Å². The predicted octanol–water partition coefficient (Wildman–Crippen LogP) is 11.0. The summed E-state index contributed by atoms with van der Waals surface area (Å²) in [5.41, 5.74) is 14.2. The quantitative estimate of drug-likeness (QED) is 0.205. The molecule has 9 aromatic rings. The number of fused-ring (bicyclic) bond motifs is 8. The third-order valence-electron chi connectivity index (χ3n) is 10.5. The second-order valence-corrected chi connectivity index (χ2v) is 13.3. The van der Waals surface area contributed by atoms with Crippen molar-refractivity contribution in [3.05, 3.63) is 182 Å². The molecule has 5 heteroatoms. The van der Waals surface area contributed by atoms with Crippen LogP contribution < -0.4 is 5.43 Å². The Morgan fingerprint density at radius 2 is 1.12 bits per heavy atom. The highest BCUT2D eigenvalue weighted by atomic mass is 15.6. The molecule has 5 nitrogen and oxygen atoms in total. The molecular formula is C46H31N5. The maximum atomic E-state index is 5.36. The molecule has 2 aliphatic heterocycles. The number of allylic oxidation sites excluding steroid dienone is 2. The van der Waals surface area contributed by atoms with E-state index >= 15 is 0 Å². The molecule has 51 heavy (non-hydrogen) atoms. The van der Waals surface area contributed by atoms with Crippen molar-refractivity contribution in [2.24, 2.45) is 4.99 Å². The average molecular weight is 654 g/mol. The monoisotopic (exact) mass is 653 g/mol. The molecule has 0 radical (unpaired) electrons. The molecule has 240 valence electrons. The van der Waals surface area contributed by atoms with Crippen LogP contribution in [0.2, 0.25) is 0 Å². The molecule has 1 unspecified atom stereocenters. The fourth-order valence-corrected chi connectivity index (χ4v) is 8.25. The Hall–Kier alpha value is -6.69. The summed E-state index contributed by atoms with van der Waals surface area (Å²) in [6.45, 7) is 0. The lowest BCUT2D eigenvalue weighted by molar-refractivity contribution is 0.330. The minimum atomic E-state index is -0.310. The van der Waals surface area contributed by atoms with Gasteiger partial charge in [-0.15, -0.1) is 0 Å². The van der Waals surface area contributed by atoms with Crippen molar-refractivity contribution in [1.29, 1.82) is 0 Å². The van der Waals surface area contributed by atoms with Gasteiger partial charge in [-0.2, -0.15) is 5.43 Å². The van der Waals surface area contributed by atoms with Crippen LogP contribution in [0.15, 0.2) is 181 Å². The van der Waals surface area contributed by atoms with Gasteiger partial charge in [0.2, 0.25) is 0 Å². The summed E-state index contributed by atoms with van der Waals surface area (Å²) in [5.74, 6) is 0.921. The second kappa shape index (κ2) is 10.9. The number of hydrazine groups is 1. The zero-order valence-corrected chi connectivity index (χ0v) is 27.6. The van der Waals surface area contributed by atoms with Crippen molar-refractivity contribution in [3.63, 3.8) is 0 Å². The van der Waals surface area contributed by atoms with Crippen molar-refractivity contribution in [1.82, 2.24) is 19.6 Å². The molecule has 1 N–H and O–H groups in total. The molecular weight excluding hydrogens is 623 g/mol. The Bertz CT molecular complexity index is 2950. The molecule has 1 atom stereocenters. The molecule has 0 aliphatic carbocycles. The van der Waals surface area contributed by atoms with Gasteiger partial charge < -0.3 is 9.13 Å². The number of nitrogens with one attached hydrogen (secondary N) is 1. The number of hydrogen-bond acceptors (Lipinski definition) is 3. The number of rotatable bonds is 4. The first-order chi connectivity index (χ1) is 25.3. The maximum absolute atomic E-state index is 5.36. The van der Waals surface area contributed by atoms with E-state index in [4.69, 9.17) is 4.99 Å². The standard InChI is InChI=1S/C46H31N5/c1-2-14-33(15-3-1)50-41-21-8-6-17-36(41)39-28-31(23-25-43(39)50)32-24-26-44-40(29-32)37-18-7-9-22-42(37)51(44)46-47-45-38(20-11-27-49(45)48-46)35-19-10-13-30-12-4-5-16-34(30)35/h1-29,46,48H. The minimum absolute atomic E-state index is 0.310. The van der Waals surface area contributed by atoms with Crippen molar-refractivity contribution in [2.45, 2.75) is 6.29 Å². The summed E-state index contributed by atoms with van der Waals surface area (Å²) < 4.78 is 4.70. The summed E-state index contributed by atoms with van der Waals surface area (Å²) in [6.07, 6.45) is 6.02. The van der Waals surface area contributed by atoms with Gasteiger partial charge in [0.25, 0.3) is 0 Å². The Balaban J connectivity index is 1.04. The maximum Gasteiger partial charge on any atom is 0.199 e. The van der Waals surface area contributed by atoms with Crippen LogP contribution in [0, 0.1) is 0 Å².